The molecule has 4 amide bonds. The lowest BCUT2D eigenvalue weighted by molar-refractivity contribution is -0.0979. The first-order chi connectivity index (χ1) is 5.63. The molecule has 0 atom stereocenters. The van der Waals surface area contributed by atoms with E-state index in [0.717, 1.165) is 0 Å². The van der Waals surface area contributed by atoms with Gasteiger partial charge in [-0.1, -0.05) is 0 Å². The van der Waals surface area contributed by atoms with Crippen LogP contribution in [-0.4, -0.2) is 31.3 Å². The van der Waals surface area contributed by atoms with E-state index >= 15 is 0 Å². The molecule has 0 aromatic rings. The Hall–Kier alpha value is -2.05. The van der Waals surface area contributed by atoms with Crippen LogP contribution in [0.2, 0.25) is 0 Å². The second-order valence-corrected chi connectivity index (χ2v) is 1.24. The Balaban J connectivity index is 0. The Morgan fingerprint density at radius 3 is 1.58 bits per heavy atom. The highest BCUT2D eigenvalue weighted by atomic mass is 16.2. The maximum absolute atomic E-state index is 9.85. The molecule has 7 nitrogen and oxygen atoms in total. The molecular formula is C5H8N4O3. The fraction of sp³-hybridized carbons (Fsp3) is 0. The van der Waals surface area contributed by atoms with E-state index in [4.69, 9.17) is 9.59 Å². The van der Waals surface area contributed by atoms with E-state index in [2.05, 4.69) is 21.5 Å². The first-order valence-electron chi connectivity index (χ1n) is 2.57. The zero-order valence-electron chi connectivity index (χ0n) is 6.14. The van der Waals surface area contributed by atoms with Crippen molar-refractivity contribution in [3.63, 3.8) is 0 Å². The monoisotopic (exact) mass is 172 g/mol. The molecule has 0 spiro atoms. The van der Waals surface area contributed by atoms with Gasteiger partial charge in [-0.3, -0.25) is 0 Å². The van der Waals surface area contributed by atoms with E-state index in [1.54, 1.807) is 0 Å². The number of amides is 4. The Bertz CT molecular complexity index is 193. The molecule has 0 radical (unpaired) electrons. The minimum absolute atomic E-state index is 0.407. The molecular weight excluding hydrogens is 164 g/mol. The van der Waals surface area contributed by atoms with Crippen molar-refractivity contribution in [3.05, 3.63) is 0 Å². The van der Waals surface area contributed by atoms with Crippen LogP contribution in [0.3, 0.4) is 0 Å². The zero-order chi connectivity index (χ0) is 9.98. The number of carbonyl (C=O) groups excluding carboxylic acids is 3. The third-order valence-electron chi connectivity index (χ3n) is 0.437. The third-order valence-corrected chi connectivity index (χ3v) is 0.437. The normalized spacial score (nSPS) is 10.8. The molecule has 1 aliphatic heterocycles. The van der Waals surface area contributed by atoms with Crippen LogP contribution in [0.5, 0.6) is 0 Å². The smallest absolute Gasteiger partial charge is 0.352 e. The second-order valence-electron chi connectivity index (χ2n) is 1.24. The lowest BCUT2D eigenvalue weighted by Gasteiger charge is -1.62. The van der Waals surface area contributed by atoms with Gasteiger partial charge in [0, 0.05) is 0 Å². The summed E-state index contributed by atoms with van der Waals surface area (Å²) in [5.74, 6) is 0. The van der Waals surface area contributed by atoms with Crippen LogP contribution in [0.25, 0.3) is 0 Å². The predicted octanol–water partition coefficient (Wildman–Crippen LogP) is -0.899. The van der Waals surface area contributed by atoms with E-state index in [9.17, 15) is 4.79 Å². The highest BCUT2D eigenvalue weighted by molar-refractivity contribution is 6.25. The quantitative estimate of drug-likeness (QED) is 0.491. The van der Waals surface area contributed by atoms with E-state index < -0.39 is 12.1 Å². The van der Waals surface area contributed by atoms with Crippen molar-refractivity contribution in [2.75, 3.05) is 0 Å². The summed E-state index contributed by atoms with van der Waals surface area (Å²) in [5, 5.41) is 0. The molecule has 0 aromatic carbocycles. The van der Waals surface area contributed by atoms with Gasteiger partial charge in [-0.2, -0.15) is 9.98 Å². The summed E-state index contributed by atoms with van der Waals surface area (Å²) >= 11 is 0. The molecule has 4 N–H and O–H groups in total. The van der Waals surface area contributed by atoms with E-state index in [1.165, 1.54) is 12.4 Å². The molecule has 0 unspecified atom stereocenters. The van der Waals surface area contributed by atoms with Gasteiger partial charge >= 0.3 is 12.1 Å². The fourth-order valence-electron chi connectivity index (χ4n) is 0.228. The lowest BCUT2D eigenvalue weighted by atomic mass is 10.9. The van der Waals surface area contributed by atoms with Gasteiger partial charge in [0.15, 0.2) is 0 Å². The van der Waals surface area contributed by atoms with Gasteiger partial charge in [0.1, 0.15) is 6.79 Å². The van der Waals surface area contributed by atoms with Crippen molar-refractivity contribution >= 4 is 31.3 Å². The standard InChI is InChI=1S/C3H2N2O.CH4N2O.CH2O/c6-3-4-1-2-5-3;2-1(3)4;1-2/h1-2H;(H4,2,3,4);1H2. The van der Waals surface area contributed by atoms with Crippen molar-refractivity contribution in [2.24, 2.45) is 21.5 Å². The SMILES string of the molecule is C=O.NC(N)=O.O=C1N=CC=N1. The molecule has 66 valence electrons. The largest absolute Gasteiger partial charge is 0.367 e. The Kier molecular flexibility index (Phi) is 9.41. The van der Waals surface area contributed by atoms with Gasteiger partial charge < -0.3 is 16.3 Å². The number of hydrogen-bond acceptors (Lipinski definition) is 3. The average Bonchev–Trinajstić information content (AvgIpc) is 2.43. The number of aliphatic imine (C=N–C) groups is 2. The van der Waals surface area contributed by atoms with E-state index in [1.807, 2.05) is 6.79 Å². The third kappa shape index (κ3) is 15.7. The molecule has 7 heteroatoms. The maximum atomic E-state index is 9.85. The topological polar surface area (TPSA) is 128 Å². The summed E-state index contributed by atoms with van der Waals surface area (Å²) in [5.41, 5.74) is 8.50. The highest BCUT2D eigenvalue weighted by Gasteiger charge is 1.91. The fourth-order valence-corrected chi connectivity index (χ4v) is 0.228. The Labute approximate surface area is 68.2 Å². The van der Waals surface area contributed by atoms with Crippen LogP contribution in [0, 0.1) is 0 Å². The molecule has 0 bridgehead atoms. The van der Waals surface area contributed by atoms with Crippen LogP contribution >= 0.6 is 0 Å². The van der Waals surface area contributed by atoms with Gasteiger partial charge in [0.25, 0.3) is 0 Å². The van der Waals surface area contributed by atoms with Crippen LogP contribution < -0.4 is 11.5 Å². The Morgan fingerprint density at radius 1 is 1.25 bits per heavy atom. The molecule has 1 rings (SSSR count). The lowest BCUT2D eigenvalue weighted by Crippen LogP contribution is -2.18. The minimum atomic E-state index is -0.833. The van der Waals surface area contributed by atoms with Gasteiger partial charge in [-0.25, -0.2) is 9.59 Å². The van der Waals surface area contributed by atoms with Gasteiger partial charge in [0.05, 0.1) is 12.4 Å². The molecule has 1 heterocycles. The number of nitrogens with zero attached hydrogens (tertiary/aromatic N) is 2. The van der Waals surface area contributed by atoms with Gasteiger partial charge in [0.2, 0.25) is 0 Å². The summed E-state index contributed by atoms with van der Waals surface area (Å²) < 4.78 is 0. The molecule has 12 heavy (non-hydrogen) atoms. The number of rotatable bonds is 0. The predicted molar refractivity (Wildman–Crippen MR) is 43.3 cm³/mol. The summed E-state index contributed by atoms with van der Waals surface area (Å²) in [6.07, 6.45) is 2.73. The highest BCUT2D eigenvalue weighted by Crippen LogP contribution is 1.81. The van der Waals surface area contributed by atoms with Crippen molar-refractivity contribution in [1.82, 2.24) is 0 Å². The molecule has 0 saturated carbocycles. The number of hydrogen-bond donors (Lipinski definition) is 2. The summed E-state index contributed by atoms with van der Waals surface area (Å²) in [6.45, 7) is 2.00. The minimum Gasteiger partial charge on any atom is -0.352 e. The number of primary amides is 2. The molecule has 1 aliphatic rings. The number of carbonyl (C=O) groups is 3. The number of nitrogens with two attached hydrogens (primary N) is 2. The second kappa shape index (κ2) is 8.95. The first kappa shape index (κ1) is 12.6. The van der Waals surface area contributed by atoms with Gasteiger partial charge in [-0.05, 0) is 0 Å². The Morgan fingerprint density at radius 2 is 1.50 bits per heavy atom. The number of urea groups is 2. The van der Waals surface area contributed by atoms with Crippen molar-refractivity contribution < 1.29 is 14.4 Å². The molecule has 0 fully saturated rings. The van der Waals surface area contributed by atoms with Crippen LogP contribution in [0.1, 0.15) is 0 Å². The molecule has 0 aromatic heterocycles. The summed E-state index contributed by atoms with van der Waals surface area (Å²) in [6, 6.07) is -1.24. The zero-order valence-corrected chi connectivity index (χ0v) is 6.14. The van der Waals surface area contributed by atoms with Crippen LogP contribution in [0.15, 0.2) is 9.98 Å². The van der Waals surface area contributed by atoms with Crippen LogP contribution in [-0.2, 0) is 4.79 Å². The van der Waals surface area contributed by atoms with Crippen molar-refractivity contribution in [3.8, 4) is 0 Å². The van der Waals surface area contributed by atoms with E-state index in [0.29, 0.717) is 0 Å². The maximum Gasteiger partial charge on any atom is 0.367 e. The van der Waals surface area contributed by atoms with E-state index in [-0.39, 0.29) is 0 Å². The average molecular weight is 172 g/mol. The summed E-state index contributed by atoms with van der Waals surface area (Å²) in [7, 11) is 0. The van der Waals surface area contributed by atoms with Crippen molar-refractivity contribution in [2.45, 2.75) is 0 Å². The molecule has 0 aliphatic carbocycles. The first-order valence-corrected chi connectivity index (χ1v) is 2.57. The van der Waals surface area contributed by atoms with Crippen molar-refractivity contribution in [1.29, 1.82) is 0 Å². The van der Waals surface area contributed by atoms with Crippen LogP contribution in [0.4, 0.5) is 9.59 Å². The van der Waals surface area contributed by atoms with Gasteiger partial charge in [-0.15, -0.1) is 0 Å². The molecule has 0 saturated heterocycles. The summed E-state index contributed by atoms with van der Waals surface area (Å²) in [4.78, 5) is 33.3.